The van der Waals surface area contributed by atoms with Crippen LogP contribution in [-0.4, -0.2) is 37.7 Å². The number of hydrogen-bond acceptors (Lipinski definition) is 6. The number of thioether (sulfide) groups is 1. The Morgan fingerprint density at radius 1 is 1.25 bits per heavy atom. The van der Waals surface area contributed by atoms with Crippen LogP contribution in [0.1, 0.15) is 5.56 Å². The number of benzene rings is 2. The normalized spacial score (nSPS) is 11.1. The third-order valence-electron chi connectivity index (χ3n) is 3.63. The summed E-state index contributed by atoms with van der Waals surface area (Å²) in [5.41, 5.74) is 3.86. The lowest BCUT2D eigenvalue weighted by Gasteiger charge is -2.04. The van der Waals surface area contributed by atoms with Gasteiger partial charge in [0.05, 0.1) is 12.0 Å². The second-order valence-electron chi connectivity index (χ2n) is 5.66. The number of hydrazone groups is 1. The zero-order chi connectivity index (χ0) is 20.1. The third-order valence-corrected chi connectivity index (χ3v) is 5.64. The minimum Gasteiger partial charge on any atom is -0.507 e. The maximum atomic E-state index is 12.0. The summed E-state index contributed by atoms with van der Waals surface area (Å²) in [5, 5.41) is 22.6. The van der Waals surface area contributed by atoms with Gasteiger partial charge in [-0.25, -0.2) is 5.43 Å². The average molecular weight is 525 g/mol. The molecule has 0 unspecified atom stereocenters. The molecule has 28 heavy (non-hydrogen) atoms. The third kappa shape index (κ3) is 5.21. The smallest absolute Gasteiger partial charge is 0.250 e. The van der Waals surface area contributed by atoms with Crippen molar-refractivity contribution in [2.75, 3.05) is 5.75 Å². The first-order valence-corrected chi connectivity index (χ1v) is 10.6. The molecule has 1 amide bonds. The van der Waals surface area contributed by atoms with Gasteiger partial charge in [-0.2, -0.15) is 5.10 Å². The molecule has 144 valence electrons. The molecule has 3 rings (SSSR count). The second-order valence-corrected chi connectivity index (χ2v) is 8.43. The molecular formula is C18H15Br2N5O2S. The van der Waals surface area contributed by atoms with Crippen molar-refractivity contribution in [2.45, 2.75) is 5.16 Å². The number of phenols is 1. The Morgan fingerprint density at radius 2 is 2.04 bits per heavy atom. The van der Waals surface area contributed by atoms with Crippen LogP contribution in [0.2, 0.25) is 0 Å². The summed E-state index contributed by atoms with van der Waals surface area (Å²) in [6.07, 6.45) is 1.39. The van der Waals surface area contributed by atoms with Crippen molar-refractivity contribution in [2.24, 2.45) is 12.1 Å². The standard InChI is InChI=1S/C18H15Br2N5O2S/c1-25-17(11-3-2-4-13(19)7-11)23-24-18(25)28-10-16(27)22-21-9-12-8-14(20)5-6-15(12)26/h2-9,26H,10H2,1H3,(H,22,27)/b21-9+. The van der Waals surface area contributed by atoms with Crippen molar-refractivity contribution in [1.82, 2.24) is 20.2 Å². The largest absolute Gasteiger partial charge is 0.507 e. The molecule has 10 heteroatoms. The highest BCUT2D eigenvalue weighted by Gasteiger charge is 2.13. The molecule has 0 aliphatic heterocycles. The number of aromatic hydroxyl groups is 1. The predicted octanol–water partition coefficient (Wildman–Crippen LogP) is 3.96. The van der Waals surface area contributed by atoms with Gasteiger partial charge in [-0.15, -0.1) is 10.2 Å². The molecule has 0 saturated carbocycles. The van der Waals surface area contributed by atoms with Crippen LogP contribution in [0.25, 0.3) is 11.4 Å². The first-order chi connectivity index (χ1) is 13.4. The van der Waals surface area contributed by atoms with E-state index in [1.807, 2.05) is 35.9 Å². The van der Waals surface area contributed by atoms with Crippen LogP contribution in [0.3, 0.4) is 0 Å². The molecular weight excluding hydrogens is 510 g/mol. The van der Waals surface area contributed by atoms with Gasteiger partial charge in [0.25, 0.3) is 5.91 Å². The molecule has 0 spiro atoms. The summed E-state index contributed by atoms with van der Waals surface area (Å²) >= 11 is 8.02. The Bertz CT molecular complexity index is 1040. The minimum absolute atomic E-state index is 0.0785. The average Bonchev–Trinajstić information content (AvgIpc) is 3.03. The Hall–Kier alpha value is -2.17. The summed E-state index contributed by atoms with van der Waals surface area (Å²) < 4.78 is 3.59. The Balaban J connectivity index is 1.58. The van der Waals surface area contributed by atoms with Crippen LogP contribution >= 0.6 is 43.6 Å². The van der Waals surface area contributed by atoms with Gasteiger partial charge in [0, 0.05) is 27.1 Å². The van der Waals surface area contributed by atoms with Crippen molar-refractivity contribution >= 4 is 55.7 Å². The molecule has 0 fully saturated rings. The Labute approximate surface area is 182 Å². The maximum absolute atomic E-state index is 12.0. The fraction of sp³-hybridized carbons (Fsp3) is 0.111. The number of hydrogen-bond donors (Lipinski definition) is 2. The number of nitrogens with one attached hydrogen (secondary N) is 1. The van der Waals surface area contributed by atoms with Gasteiger partial charge >= 0.3 is 0 Å². The molecule has 0 atom stereocenters. The van der Waals surface area contributed by atoms with E-state index in [4.69, 9.17) is 0 Å². The zero-order valence-electron chi connectivity index (χ0n) is 14.6. The van der Waals surface area contributed by atoms with Crippen LogP contribution in [-0.2, 0) is 11.8 Å². The number of rotatable bonds is 6. The highest BCUT2D eigenvalue weighted by atomic mass is 79.9. The first-order valence-electron chi connectivity index (χ1n) is 8.02. The Kier molecular flexibility index (Phi) is 6.87. The van der Waals surface area contributed by atoms with E-state index in [1.54, 1.807) is 18.2 Å². The van der Waals surface area contributed by atoms with Crippen LogP contribution in [0.5, 0.6) is 5.75 Å². The quantitative estimate of drug-likeness (QED) is 0.289. The van der Waals surface area contributed by atoms with E-state index in [-0.39, 0.29) is 17.4 Å². The van der Waals surface area contributed by atoms with Gasteiger partial charge in [0.1, 0.15) is 5.75 Å². The summed E-state index contributed by atoms with van der Waals surface area (Å²) in [6.45, 7) is 0. The van der Waals surface area contributed by atoms with E-state index in [2.05, 4.69) is 52.6 Å². The van der Waals surface area contributed by atoms with Crippen molar-refractivity contribution in [1.29, 1.82) is 0 Å². The summed E-state index contributed by atoms with van der Waals surface area (Å²) in [7, 11) is 1.85. The van der Waals surface area contributed by atoms with Crippen LogP contribution in [0, 0.1) is 0 Å². The monoisotopic (exact) mass is 523 g/mol. The predicted molar refractivity (Wildman–Crippen MR) is 116 cm³/mol. The molecule has 7 nitrogen and oxygen atoms in total. The van der Waals surface area contributed by atoms with Gasteiger partial charge in [-0.05, 0) is 30.3 Å². The molecule has 2 aromatic carbocycles. The number of nitrogens with zero attached hydrogens (tertiary/aromatic N) is 4. The van der Waals surface area contributed by atoms with E-state index >= 15 is 0 Å². The van der Waals surface area contributed by atoms with Crippen LogP contribution in [0.15, 0.2) is 61.7 Å². The molecule has 2 N–H and O–H groups in total. The van der Waals surface area contributed by atoms with Crippen LogP contribution in [0.4, 0.5) is 0 Å². The lowest BCUT2D eigenvalue weighted by Crippen LogP contribution is -2.19. The van der Waals surface area contributed by atoms with Crippen molar-refractivity contribution in [3.8, 4) is 17.1 Å². The lowest BCUT2D eigenvalue weighted by molar-refractivity contribution is -0.118. The fourth-order valence-electron chi connectivity index (χ4n) is 2.28. The summed E-state index contributed by atoms with van der Waals surface area (Å²) in [5.74, 6) is 0.636. The Morgan fingerprint density at radius 3 is 2.82 bits per heavy atom. The number of amides is 1. The number of halogens is 2. The molecule has 0 saturated heterocycles. The molecule has 3 aromatic rings. The van der Waals surface area contributed by atoms with E-state index in [1.165, 1.54) is 18.0 Å². The molecule has 1 heterocycles. The number of phenolic OH excluding ortho intramolecular Hbond substituents is 1. The van der Waals surface area contributed by atoms with Gasteiger partial charge in [-0.3, -0.25) is 4.79 Å². The molecule has 1 aromatic heterocycles. The number of carbonyl (C=O) groups excluding carboxylic acids is 1. The fourth-order valence-corrected chi connectivity index (χ4v) is 3.77. The van der Waals surface area contributed by atoms with Crippen molar-refractivity contribution in [3.63, 3.8) is 0 Å². The van der Waals surface area contributed by atoms with E-state index in [0.29, 0.717) is 16.5 Å². The summed E-state index contributed by atoms with van der Waals surface area (Å²) in [6, 6.07) is 12.7. The molecule has 0 radical (unpaired) electrons. The van der Waals surface area contributed by atoms with Gasteiger partial charge in [-0.1, -0.05) is 55.8 Å². The highest BCUT2D eigenvalue weighted by molar-refractivity contribution is 9.10. The number of aromatic nitrogens is 3. The van der Waals surface area contributed by atoms with E-state index in [9.17, 15) is 9.90 Å². The minimum atomic E-state index is -0.289. The topological polar surface area (TPSA) is 92.4 Å². The van der Waals surface area contributed by atoms with E-state index in [0.717, 1.165) is 14.5 Å². The summed E-state index contributed by atoms with van der Waals surface area (Å²) in [4.78, 5) is 12.0. The first kappa shape index (κ1) is 20.6. The molecule has 0 aliphatic carbocycles. The van der Waals surface area contributed by atoms with E-state index < -0.39 is 0 Å². The maximum Gasteiger partial charge on any atom is 0.250 e. The highest BCUT2D eigenvalue weighted by Crippen LogP contribution is 2.24. The van der Waals surface area contributed by atoms with Gasteiger partial charge in [0.2, 0.25) is 0 Å². The zero-order valence-corrected chi connectivity index (χ0v) is 18.6. The molecule has 0 bridgehead atoms. The SMILES string of the molecule is Cn1c(SCC(=O)N/N=C/c2cc(Br)ccc2O)nnc1-c1cccc(Br)c1. The van der Waals surface area contributed by atoms with Crippen LogP contribution < -0.4 is 5.43 Å². The van der Waals surface area contributed by atoms with Gasteiger partial charge in [0.15, 0.2) is 11.0 Å². The molecule has 0 aliphatic rings. The lowest BCUT2D eigenvalue weighted by atomic mass is 10.2. The number of carbonyl (C=O) groups is 1. The van der Waals surface area contributed by atoms with Crippen molar-refractivity contribution in [3.05, 3.63) is 57.0 Å². The van der Waals surface area contributed by atoms with Gasteiger partial charge < -0.3 is 9.67 Å². The second kappa shape index (κ2) is 9.35. The van der Waals surface area contributed by atoms with Crippen molar-refractivity contribution < 1.29 is 9.90 Å².